The summed E-state index contributed by atoms with van der Waals surface area (Å²) < 4.78 is 1.71. The van der Waals surface area contributed by atoms with Crippen LogP contribution in [0, 0.1) is 6.92 Å². The zero-order valence-electron chi connectivity index (χ0n) is 12.2. The van der Waals surface area contributed by atoms with Gasteiger partial charge in [-0.1, -0.05) is 29.8 Å². The van der Waals surface area contributed by atoms with Crippen molar-refractivity contribution in [2.75, 3.05) is 18.4 Å². The first-order valence-corrected chi connectivity index (χ1v) is 7.42. The number of anilines is 1. The highest BCUT2D eigenvalue weighted by atomic mass is 35.5. The SMILES string of the molecule is Cc1cc(NC(=O)N2CC(O)C2)n(Cc2ccccc2Cl)n1. The summed E-state index contributed by atoms with van der Waals surface area (Å²) in [5.41, 5.74) is 1.74. The molecule has 6 nitrogen and oxygen atoms in total. The van der Waals surface area contributed by atoms with E-state index in [1.54, 1.807) is 9.58 Å². The lowest BCUT2D eigenvalue weighted by Crippen LogP contribution is -2.55. The second kappa shape index (κ2) is 5.98. The number of aryl methyl sites for hydroxylation is 1. The Bertz CT molecular complexity index is 695. The number of nitrogens with zero attached hydrogens (tertiary/aromatic N) is 3. The number of halogens is 1. The molecule has 7 heteroatoms. The molecule has 0 radical (unpaired) electrons. The first kappa shape index (κ1) is 14.9. The molecule has 0 spiro atoms. The summed E-state index contributed by atoms with van der Waals surface area (Å²) in [5.74, 6) is 0.615. The third-order valence-corrected chi connectivity index (χ3v) is 3.93. The molecule has 0 atom stereocenters. The number of hydrogen-bond acceptors (Lipinski definition) is 3. The fourth-order valence-electron chi connectivity index (χ4n) is 2.36. The summed E-state index contributed by atoms with van der Waals surface area (Å²) in [4.78, 5) is 13.6. The topological polar surface area (TPSA) is 70.4 Å². The maximum atomic E-state index is 12.1. The average molecular weight is 321 g/mol. The van der Waals surface area contributed by atoms with E-state index in [9.17, 15) is 9.90 Å². The van der Waals surface area contributed by atoms with Crippen LogP contribution in [0.15, 0.2) is 30.3 Å². The molecule has 2 aromatic rings. The Morgan fingerprint density at radius 1 is 1.45 bits per heavy atom. The van der Waals surface area contributed by atoms with Crippen molar-refractivity contribution in [2.24, 2.45) is 0 Å². The van der Waals surface area contributed by atoms with Crippen LogP contribution in [0.1, 0.15) is 11.3 Å². The summed E-state index contributed by atoms with van der Waals surface area (Å²) in [6, 6.07) is 9.12. The smallest absolute Gasteiger partial charge is 0.323 e. The standard InChI is InChI=1S/C15H17ClN4O2/c1-10-6-14(17-15(22)19-8-12(21)9-19)20(18-10)7-11-4-2-3-5-13(11)16/h2-6,12,21H,7-9H2,1H3,(H,17,22). The first-order valence-electron chi connectivity index (χ1n) is 7.05. The molecule has 1 aliphatic heterocycles. The van der Waals surface area contributed by atoms with Gasteiger partial charge in [0.25, 0.3) is 0 Å². The Balaban J connectivity index is 1.75. The number of likely N-dealkylation sites (tertiary alicyclic amines) is 1. The second-order valence-corrected chi connectivity index (χ2v) is 5.82. The summed E-state index contributed by atoms with van der Waals surface area (Å²) >= 11 is 6.17. The molecule has 2 N–H and O–H groups in total. The Kier molecular flexibility index (Phi) is 4.04. The number of rotatable bonds is 3. The van der Waals surface area contributed by atoms with Crippen molar-refractivity contribution in [3.8, 4) is 0 Å². The number of nitrogens with one attached hydrogen (secondary N) is 1. The van der Waals surface area contributed by atoms with Crippen LogP contribution in [0.5, 0.6) is 0 Å². The van der Waals surface area contributed by atoms with E-state index in [0.29, 0.717) is 30.5 Å². The number of aromatic nitrogens is 2. The van der Waals surface area contributed by atoms with Crippen molar-refractivity contribution in [3.63, 3.8) is 0 Å². The van der Waals surface area contributed by atoms with E-state index in [0.717, 1.165) is 11.3 Å². The molecule has 0 unspecified atom stereocenters. The van der Waals surface area contributed by atoms with Crippen molar-refractivity contribution in [2.45, 2.75) is 19.6 Å². The number of aliphatic hydroxyl groups is 1. The van der Waals surface area contributed by atoms with E-state index in [4.69, 9.17) is 11.6 Å². The van der Waals surface area contributed by atoms with Gasteiger partial charge in [0.15, 0.2) is 0 Å². The van der Waals surface area contributed by atoms with E-state index >= 15 is 0 Å². The number of benzene rings is 1. The molecule has 1 aliphatic rings. The number of amides is 2. The normalized spacial score (nSPS) is 14.8. The molecule has 1 aromatic heterocycles. The summed E-state index contributed by atoms with van der Waals surface area (Å²) in [7, 11) is 0. The summed E-state index contributed by atoms with van der Waals surface area (Å²) in [6.45, 7) is 3.07. The van der Waals surface area contributed by atoms with Gasteiger partial charge in [0.1, 0.15) is 5.82 Å². The predicted octanol–water partition coefficient (Wildman–Crippen LogP) is 2.10. The monoisotopic (exact) mass is 320 g/mol. The largest absolute Gasteiger partial charge is 0.389 e. The van der Waals surface area contributed by atoms with E-state index in [2.05, 4.69) is 10.4 Å². The second-order valence-electron chi connectivity index (χ2n) is 5.41. The number of carbonyl (C=O) groups excluding carboxylic acids is 1. The Labute approximate surface area is 133 Å². The lowest BCUT2D eigenvalue weighted by molar-refractivity contribution is 0.0308. The molecular weight excluding hydrogens is 304 g/mol. The molecule has 22 heavy (non-hydrogen) atoms. The highest BCUT2D eigenvalue weighted by molar-refractivity contribution is 6.31. The highest BCUT2D eigenvalue weighted by Gasteiger charge is 2.29. The minimum absolute atomic E-state index is 0.231. The van der Waals surface area contributed by atoms with Gasteiger partial charge in [0.2, 0.25) is 0 Å². The van der Waals surface area contributed by atoms with Crippen LogP contribution in [0.4, 0.5) is 10.6 Å². The van der Waals surface area contributed by atoms with E-state index < -0.39 is 6.10 Å². The van der Waals surface area contributed by atoms with Gasteiger partial charge < -0.3 is 10.0 Å². The van der Waals surface area contributed by atoms with E-state index in [1.807, 2.05) is 37.3 Å². The van der Waals surface area contributed by atoms with Crippen molar-refractivity contribution in [3.05, 3.63) is 46.6 Å². The average Bonchev–Trinajstić information content (AvgIpc) is 2.77. The highest BCUT2D eigenvalue weighted by Crippen LogP contribution is 2.20. The predicted molar refractivity (Wildman–Crippen MR) is 84.1 cm³/mol. The van der Waals surface area contributed by atoms with Gasteiger partial charge in [-0.3, -0.25) is 5.32 Å². The minimum Gasteiger partial charge on any atom is -0.389 e. The van der Waals surface area contributed by atoms with Gasteiger partial charge in [0.05, 0.1) is 31.4 Å². The zero-order valence-corrected chi connectivity index (χ0v) is 12.9. The molecule has 0 aliphatic carbocycles. The molecule has 1 fully saturated rings. The van der Waals surface area contributed by atoms with E-state index in [-0.39, 0.29) is 6.03 Å². The summed E-state index contributed by atoms with van der Waals surface area (Å²) in [5, 5.41) is 17.1. The number of urea groups is 1. The van der Waals surface area contributed by atoms with Crippen LogP contribution in [-0.2, 0) is 6.54 Å². The molecule has 2 heterocycles. The maximum absolute atomic E-state index is 12.1. The molecular formula is C15H17ClN4O2. The quantitative estimate of drug-likeness (QED) is 0.910. The van der Waals surface area contributed by atoms with Crippen molar-refractivity contribution >= 4 is 23.4 Å². The number of β-amino-alcohol motifs (C(OH)–C–C–N with tert-alkyl or cyclic N) is 1. The fraction of sp³-hybridized carbons (Fsp3) is 0.333. The van der Waals surface area contributed by atoms with Crippen molar-refractivity contribution in [1.29, 1.82) is 0 Å². The van der Waals surface area contributed by atoms with Gasteiger partial charge >= 0.3 is 6.03 Å². The zero-order chi connectivity index (χ0) is 15.7. The number of aliphatic hydroxyl groups excluding tert-OH is 1. The van der Waals surface area contributed by atoms with Gasteiger partial charge in [-0.2, -0.15) is 5.10 Å². The number of carbonyl (C=O) groups is 1. The number of hydrogen-bond donors (Lipinski definition) is 2. The van der Waals surface area contributed by atoms with Crippen LogP contribution >= 0.6 is 11.6 Å². The molecule has 2 amide bonds. The Morgan fingerprint density at radius 3 is 2.86 bits per heavy atom. The minimum atomic E-state index is -0.416. The van der Waals surface area contributed by atoms with Crippen molar-refractivity contribution < 1.29 is 9.90 Å². The lowest BCUT2D eigenvalue weighted by Gasteiger charge is -2.35. The third-order valence-electron chi connectivity index (χ3n) is 3.56. The molecule has 3 rings (SSSR count). The van der Waals surface area contributed by atoms with Gasteiger partial charge in [-0.15, -0.1) is 0 Å². The first-order chi connectivity index (χ1) is 10.5. The van der Waals surface area contributed by atoms with Crippen LogP contribution in [0.2, 0.25) is 5.02 Å². The lowest BCUT2D eigenvalue weighted by atomic mass is 10.2. The Hall–Kier alpha value is -2.05. The van der Waals surface area contributed by atoms with Crippen LogP contribution < -0.4 is 5.32 Å². The van der Waals surface area contributed by atoms with Gasteiger partial charge in [-0.05, 0) is 18.6 Å². The van der Waals surface area contributed by atoms with E-state index in [1.165, 1.54) is 0 Å². The molecule has 0 saturated carbocycles. The maximum Gasteiger partial charge on any atom is 0.323 e. The van der Waals surface area contributed by atoms with Crippen LogP contribution in [0.3, 0.4) is 0 Å². The van der Waals surface area contributed by atoms with Crippen LogP contribution in [-0.4, -0.2) is 45.0 Å². The molecule has 116 valence electrons. The van der Waals surface area contributed by atoms with Gasteiger partial charge in [-0.25, -0.2) is 9.48 Å². The Morgan fingerprint density at radius 2 is 2.18 bits per heavy atom. The molecule has 0 bridgehead atoms. The summed E-state index contributed by atoms with van der Waals surface area (Å²) in [6.07, 6.45) is -0.416. The molecule has 1 aromatic carbocycles. The van der Waals surface area contributed by atoms with Crippen LogP contribution in [0.25, 0.3) is 0 Å². The molecule has 1 saturated heterocycles. The third kappa shape index (κ3) is 3.08. The van der Waals surface area contributed by atoms with Gasteiger partial charge in [0, 0.05) is 11.1 Å². The fourth-order valence-corrected chi connectivity index (χ4v) is 2.56. The van der Waals surface area contributed by atoms with Crippen molar-refractivity contribution in [1.82, 2.24) is 14.7 Å².